The molecule has 2 aromatic rings. The van der Waals surface area contributed by atoms with E-state index < -0.39 is 5.97 Å². The molecule has 0 aliphatic carbocycles. The standard InChI is InChI=1S/C11H10N2O3/c1-13-6-9(12-10(13)11(15)16)7-3-2-4-8(14)5-7/h2-6,14H,1H3,(H,15,16). The maximum Gasteiger partial charge on any atom is 0.372 e. The molecule has 5 nitrogen and oxygen atoms in total. The molecule has 0 unspecified atom stereocenters. The van der Waals surface area contributed by atoms with Gasteiger partial charge < -0.3 is 14.8 Å². The topological polar surface area (TPSA) is 75.3 Å². The van der Waals surface area contributed by atoms with E-state index in [0.29, 0.717) is 11.3 Å². The van der Waals surface area contributed by atoms with Crippen LogP contribution in [0.5, 0.6) is 5.75 Å². The highest BCUT2D eigenvalue weighted by Gasteiger charge is 2.13. The van der Waals surface area contributed by atoms with E-state index >= 15 is 0 Å². The first-order valence-corrected chi connectivity index (χ1v) is 4.64. The van der Waals surface area contributed by atoms with E-state index in [1.54, 1.807) is 31.4 Å². The van der Waals surface area contributed by atoms with Crippen molar-refractivity contribution in [1.29, 1.82) is 0 Å². The summed E-state index contributed by atoms with van der Waals surface area (Å²) in [4.78, 5) is 14.8. The van der Waals surface area contributed by atoms with Crippen molar-refractivity contribution in [3.05, 3.63) is 36.3 Å². The Kier molecular flexibility index (Phi) is 2.36. The molecule has 82 valence electrons. The summed E-state index contributed by atoms with van der Waals surface area (Å²) in [5, 5.41) is 18.2. The summed E-state index contributed by atoms with van der Waals surface area (Å²) in [6, 6.07) is 6.52. The predicted molar refractivity (Wildman–Crippen MR) is 57.3 cm³/mol. The van der Waals surface area contributed by atoms with Crippen molar-refractivity contribution in [3.8, 4) is 17.0 Å². The average Bonchev–Trinajstić information content (AvgIpc) is 2.60. The van der Waals surface area contributed by atoms with Gasteiger partial charge in [-0.15, -0.1) is 0 Å². The van der Waals surface area contributed by atoms with Gasteiger partial charge in [-0.05, 0) is 12.1 Å². The fourth-order valence-electron chi connectivity index (χ4n) is 1.47. The van der Waals surface area contributed by atoms with Crippen molar-refractivity contribution in [1.82, 2.24) is 9.55 Å². The SMILES string of the molecule is Cn1cc(-c2cccc(O)c2)nc1C(=O)O. The van der Waals surface area contributed by atoms with Gasteiger partial charge in [0.1, 0.15) is 5.75 Å². The molecule has 0 fully saturated rings. The van der Waals surface area contributed by atoms with Crippen LogP contribution >= 0.6 is 0 Å². The van der Waals surface area contributed by atoms with Gasteiger partial charge in [-0.25, -0.2) is 9.78 Å². The molecule has 1 aromatic heterocycles. The van der Waals surface area contributed by atoms with Crippen LogP contribution in [-0.2, 0) is 7.05 Å². The third kappa shape index (κ3) is 1.75. The molecule has 16 heavy (non-hydrogen) atoms. The third-order valence-electron chi connectivity index (χ3n) is 2.21. The fourth-order valence-corrected chi connectivity index (χ4v) is 1.47. The van der Waals surface area contributed by atoms with Crippen molar-refractivity contribution in [2.75, 3.05) is 0 Å². The quantitative estimate of drug-likeness (QED) is 0.800. The Morgan fingerprint density at radius 1 is 1.44 bits per heavy atom. The molecular weight excluding hydrogens is 208 g/mol. The van der Waals surface area contributed by atoms with Crippen molar-refractivity contribution in [2.24, 2.45) is 7.05 Å². The highest BCUT2D eigenvalue weighted by Crippen LogP contribution is 2.22. The molecule has 2 N–H and O–H groups in total. The van der Waals surface area contributed by atoms with Crippen molar-refractivity contribution in [3.63, 3.8) is 0 Å². The smallest absolute Gasteiger partial charge is 0.372 e. The van der Waals surface area contributed by atoms with Crippen LogP contribution in [0.15, 0.2) is 30.5 Å². The molecule has 0 radical (unpaired) electrons. The number of benzene rings is 1. The zero-order valence-corrected chi connectivity index (χ0v) is 8.58. The molecule has 2 rings (SSSR count). The maximum absolute atomic E-state index is 10.8. The van der Waals surface area contributed by atoms with E-state index in [9.17, 15) is 9.90 Å². The Hall–Kier alpha value is -2.30. The lowest BCUT2D eigenvalue weighted by molar-refractivity contribution is 0.0680. The number of hydrogen-bond donors (Lipinski definition) is 2. The molecule has 0 saturated heterocycles. The second kappa shape index (κ2) is 3.69. The first kappa shape index (κ1) is 10.2. The summed E-state index contributed by atoms with van der Waals surface area (Å²) < 4.78 is 1.43. The molecule has 0 aliphatic heterocycles. The van der Waals surface area contributed by atoms with Crippen LogP contribution in [0.3, 0.4) is 0 Å². The Balaban J connectivity index is 2.49. The van der Waals surface area contributed by atoms with E-state index in [1.807, 2.05) is 0 Å². The Labute approximate surface area is 91.6 Å². The Bertz CT molecular complexity index is 546. The van der Waals surface area contributed by atoms with Crippen molar-refractivity contribution < 1.29 is 15.0 Å². The van der Waals surface area contributed by atoms with Gasteiger partial charge in [-0.3, -0.25) is 0 Å². The number of carboxylic acids is 1. The molecule has 0 spiro atoms. The maximum atomic E-state index is 10.8. The van der Waals surface area contributed by atoms with Crippen LogP contribution in [0.1, 0.15) is 10.6 Å². The average molecular weight is 218 g/mol. The molecule has 0 atom stereocenters. The van der Waals surface area contributed by atoms with Crippen molar-refractivity contribution in [2.45, 2.75) is 0 Å². The Morgan fingerprint density at radius 3 is 2.75 bits per heavy atom. The second-order valence-corrected chi connectivity index (χ2v) is 3.42. The highest BCUT2D eigenvalue weighted by molar-refractivity contribution is 5.84. The van der Waals surface area contributed by atoms with Gasteiger partial charge in [-0.1, -0.05) is 12.1 Å². The number of hydrogen-bond acceptors (Lipinski definition) is 3. The summed E-state index contributed by atoms with van der Waals surface area (Å²) in [7, 11) is 1.61. The summed E-state index contributed by atoms with van der Waals surface area (Å²) in [5.74, 6) is -0.979. The summed E-state index contributed by atoms with van der Waals surface area (Å²) in [6.45, 7) is 0. The van der Waals surface area contributed by atoms with Crippen LogP contribution in [0, 0.1) is 0 Å². The van der Waals surface area contributed by atoms with Gasteiger partial charge in [-0.2, -0.15) is 0 Å². The van der Waals surface area contributed by atoms with E-state index in [0.717, 1.165) is 0 Å². The van der Waals surface area contributed by atoms with Gasteiger partial charge in [0.2, 0.25) is 5.82 Å². The van der Waals surface area contributed by atoms with Crippen LogP contribution in [0.2, 0.25) is 0 Å². The van der Waals surface area contributed by atoms with Crippen LogP contribution in [-0.4, -0.2) is 25.7 Å². The summed E-state index contributed by atoms with van der Waals surface area (Å²) in [6.07, 6.45) is 1.61. The number of phenolic OH excluding ortho intramolecular Hbond substituents is 1. The normalized spacial score (nSPS) is 10.3. The monoisotopic (exact) mass is 218 g/mol. The first-order valence-electron chi connectivity index (χ1n) is 4.64. The third-order valence-corrected chi connectivity index (χ3v) is 2.21. The van der Waals surface area contributed by atoms with Crippen LogP contribution in [0.4, 0.5) is 0 Å². The minimum Gasteiger partial charge on any atom is -0.508 e. The zero-order chi connectivity index (χ0) is 11.7. The van der Waals surface area contributed by atoms with Crippen LogP contribution in [0.25, 0.3) is 11.3 Å². The molecule has 0 saturated carbocycles. The molecule has 0 bridgehead atoms. The minimum absolute atomic E-state index is 0.0293. The second-order valence-electron chi connectivity index (χ2n) is 3.42. The molecular formula is C11H10N2O3. The lowest BCUT2D eigenvalue weighted by atomic mass is 10.1. The molecule has 1 aromatic carbocycles. The van der Waals surface area contributed by atoms with Gasteiger partial charge in [0.05, 0.1) is 5.69 Å². The molecule has 5 heteroatoms. The zero-order valence-electron chi connectivity index (χ0n) is 8.58. The lowest BCUT2D eigenvalue weighted by Crippen LogP contribution is -2.04. The predicted octanol–water partition coefficient (Wildman–Crippen LogP) is 1.49. The Morgan fingerprint density at radius 2 is 2.19 bits per heavy atom. The molecule has 0 aliphatic rings. The van der Waals surface area contributed by atoms with Gasteiger partial charge >= 0.3 is 5.97 Å². The number of imidazole rings is 1. The number of rotatable bonds is 2. The highest BCUT2D eigenvalue weighted by atomic mass is 16.4. The fraction of sp³-hybridized carbons (Fsp3) is 0.0909. The number of aromatic hydroxyl groups is 1. The van der Waals surface area contributed by atoms with Gasteiger partial charge in [0.25, 0.3) is 0 Å². The number of phenols is 1. The number of aromatic carboxylic acids is 1. The van der Waals surface area contributed by atoms with E-state index in [1.165, 1.54) is 10.6 Å². The van der Waals surface area contributed by atoms with E-state index in [2.05, 4.69) is 4.98 Å². The van der Waals surface area contributed by atoms with Crippen LogP contribution < -0.4 is 0 Å². The number of carbonyl (C=O) groups is 1. The molecule has 0 amide bonds. The van der Waals surface area contributed by atoms with Gasteiger partial charge in [0, 0.05) is 18.8 Å². The summed E-state index contributed by atoms with van der Waals surface area (Å²) in [5.41, 5.74) is 1.21. The summed E-state index contributed by atoms with van der Waals surface area (Å²) >= 11 is 0. The number of aromatic nitrogens is 2. The minimum atomic E-state index is -1.08. The van der Waals surface area contributed by atoms with E-state index in [4.69, 9.17) is 5.11 Å². The van der Waals surface area contributed by atoms with E-state index in [-0.39, 0.29) is 11.6 Å². The largest absolute Gasteiger partial charge is 0.508 e. The number of carboxylic acid groups (broad SMARTS) is 1. The number of nitrogens with zero attached hydrogens (tertiary/aromatic N) is 2. The molecule has 1 heterocycles. The van der Waals surface area contributed by atoms with Crippen molar-refractivity contribution >= 4 is 5.97 Å². The van der Waals surface area contributed by atoms with Gasteiger partial charge in [0.15, 0.2) is 0 Å². The lowest BCUT2D eigenvalue weighted by Gasteiger charge is -1.96. The number of aryl methyl sites for hydroxylation is 1. The first-order chi connectivity index (χ1) is 7.58.